The summed E-state index contributed by atoms with van der Waals surface area (Å²) in [6, 6.07) is 9.07. The zero-order valence-electron chi connectivity index (χ0n) is 13.4. The van der Waals surface area contributed by atoms with Crippen LogP contribution in [0.1, 0.15) is 49.9 Å². The molecule has 0 radical (unpaired) electrons. The molecule has 1 N–H and O–H groups in total. The van der Waals surface area contributed by atoms with Crippen LogP contribution in [0, 0.1) is 5.92 Å². The number of amides is 1. The molecule has 1 aromatic rings. The fourth-order valence-electron chi connectivity index (χ4n) is 3.06. The van der Waals surface area contributed by atoms with Gasteiger partial charge >= 0.3 is 0 Å². The van der Waals surface area contributed by atoms with Crippen molar-refractivity contribution in [2.75, 3.05) is 13.1 Å². The van der Waals surface area contributed by atoms with Gasteiger partial charge < -0.3 is 10.0 Å². The van der Waals surface area contributed by atoms with Gasteiger partial charge in [0, 0.05) is 37.4 Å². The monoisotopic (exact) mass is 303 g/mol. The second-order valence-electron chi connectivity index (χ2n) is 6.34. The number of hydrogen-bond acceptors (Lipinski definition) is 3. The molecule has 0 aromatic heterocycles. The van der Waals surface area contributed by atoms with E-state index in [4.69, 9.17) is 0 Å². The topological polar surface area (TPSA) is 57.6 Å². The van der Waals surface area contributed by atoms with Gasteiger partial charge in [0.2, 0.25) is 5.91 Å². The standard InChI is InChI=1S/C18H25NO3/c1-3-15-13-19(12-11-18(15,2)22)17(21)10-9-16(20)14-7-5-4-6-8-14/h4-8,15,22H,3,9-13H2,1-2H3/t15-,18+/m0/s1. The summed E-state index contributed by atoms with van der Waals surface area (Å²) in [5.74, 6) is 0.123. The van der Waals surface area contributed by atoms with Crippen LogP contribution in [0.5, 0.6) is 0 Å². The van der Waals surface area contributed by atoms with Crippen molar-refractivity contribution in [3.05, 3.63) is 35.9 Å². The number of benzene rings is 1. The highest BCUT2D eigenvalue weighted by atomic mass is 16.3. The molecule has 1 saturated heterocycles. The Kier molecular flexibility index (Phi) is 5.35. The molecule has 2 rings (SSSR count). The van der Waals surface area contributed by atoms with E-state index >= 15 is 0 Å². The van der Waals surface area contributed by atoms with Gasteiger partial charge in [-0.05, 0) is 19.8 Å². The lowest BCUT2D eigenvalue weighted by Crippen LogP contribution is -2.51. The molecule has 0 spiro atoms. The molecule has 2 atom stereocenters. The molecule has 1 fully saturated rings. The number of rotatable bonds is 5. The molecule has 1 aromatic carbocycles. The molecule has 4 nitrogen and oxygen atoms in total. The summed E-state index contributed by atoms with van der Waals surface area (Å²) in [5.41, 5.74) is -0.0333. The average molecular weight is 303 g/mol. The zero-order valence-corrected chi connectivity index (χ0v) is 13.4. The van der Waals surface area contributed by atoms with Gasteiger partial charge in [0.15, 0.2) is 5.78 Å². The minimum Gasteiger partial charge on any atom is -0.390 e. The maximum atomic E-state index is 12.3. The van der Waals surface area contributed by atoms with E-state index < -0.39 is 5.60 Å². The second-order valence-corrected chi connectivity index (χ2v) is 6.34. The molecular formula is C18H25NO3. The normalized spacial score (nSPS) is 25.0. The van der Waals surface area contributed by atoms with Crippen molar-refractivity contribution >= 4 is 11.7 Å². The van der Waals surface area contributed by atoms with E-state index in [0.717, 1.165) is 6.42 Å². The van der Waals surface area contributed by atoms with Crippen LogP contribution in [0.4, 0.5) is 0 Å². The quantitative estimate of drug-likeness (QED) is 0.851. The van der Waals surface area contributed by atoms with Crippen LogP contribution >= 0.6 is 0 Å². The Hall–Kier alpha value is -1.68. The number of likely N-dealkylation sites (tertiary alicyclic amines) is 1. The third kappa shape index (κ3) is 3.95. The molecule has 1 amide bonds. The first kappa shape index (κ1) is 16.7. The minimum atomic E-state index is -0.689. The van der Waals surface area contributed by atoms with Crippen molar-refractivity contribution in [1.29, 1.82) is 0 Å². The Morgan fingerprint density at radius 3 is 2.59 bits per heavy atom. The number of ketones is 1. The van der Waals surface area contributed by atoms with Gasteiger partial charge in [-0.1, -0.05) is 37.3 Å². The summed E-state index contributed by atoms with van der Waals surface area (Å²) in [5, 5.41) is 10.3. The highest BCUT2D eigenvalue weighted by Crippen LogP contribution is 2.30. The lowest BCUT2D eigenvalue weighted by atomic mass is 9.81. The largest absolute Gasteiger partial charge is 0.390 e. The Balaban J connectivity index is 1.87. The second kappa shape index (κ2) is 7.05. The molecule has 1 heterocycles. The predicted octanol–water partition coefficient (Wildman–Crippen LogP) is 2.66. The summed E-state index contributed by atoms with van der Waals surface area (Å²) in [6.45, 7) is 5.04. The molecule has 1 aliphatic rings. The Morgan fingerprint density at radius 2 is 1.95 bits per heavy atom. The first-order chi connectivity index (χ1) is 10.4. The van der Waals surface area contributed by atoms with Gasteiger partial charge in [-0.25, -0.2) is 0 Å². The van der Waals surface area contributed by atoms with E-state index in [-0.39, 0.29) is 30.4 Å². The van der Waals surface area contributed by atoms with Gasteiger partial charge in [0.05, 0.1) is 5.60 Å². The van der Waals surface area contributed by atoms with Crippen molar-refractivity contribution in [2.24, 2.45) is 5.92 Å². The van der Waals surface area contributed by atoms with Gasteiger partial charge in [0.25, 0.3) is 0 Å². The SMILES string of the molecule is CC[C@H]1CN(C(=O)CCC(=O)c2ccccc2)CC[C@@]1(C)O. The lowest BCUT2D eigenvalue weighted by Gasteiger charge is -2.42. The van der Waals surface area contributed by atoms with E-state index in [0.29, 0.717) is 25.1 Å². The highest BCUT2D eigenvalue weighted by Gasteiger charge is 2.37. The summed E-state index contributed by atoms with van der Waals surface area (Å²) in [4.78, 5) is 26.1. The molecule has 1 aliphatic heterocycles. The van der Waals surface area contributed by atoms with Crippen LogP contribution in [-0.2, 0) is 4.79 Å². The van der Waals surface area contributed by atoms with E-state index in [1.165, 1.54) is 0 Å². The van der Waals surface area contributed by atoms with Crippen LogP contribution in [0.15, 0.2) is 30.3 Å². The van der Waals surface area contributed by atoms with Gasteiger partial charge in [-0.15, -0.1) is 0 Å². The highest BCUT2D eigenvalue weighted by molar-refractivity contribution is 5.97. The van der Waals surface area contributed by atoms with Crippen LogP contribution in [0.2, 0.25) is 0 Å². The predicted molar refractivity (Wildman–Crippen MR) is 85.6 cm³/mol. The molecular weight excluding hydrogens is 278 g/mol. The molecule has 0 saturated carbocycles. The van der Waals surface area contributed by atoms with Crippen LogP contribution in [-0.4, -0.2) is 40.4 Å². The number of Topliss-reactive ketones (excluding diaryl/α,β-unsaturated/α-hetero) is 1. The van der Waals surface area contributed by atoms with Gasteiger partial charge in [0.1, 0.15) is 0 Å². The molecule has 120 valence electrons. The molecule has 0 aliphatic carbocycles. The van der Waals surface area contributed by atoms with Crippen molar-refractivity contribution in [2.45, 2.75) is 45.1 Å². The van der Waals surface area contributed by atoms with E-state index in [2.05, 4.69) is 0 Å². The van der Waals surface area contributed by atoms with E-state index in [9.17, 15) is 14.7 Å². The Morgan fingerprint density at radius 1 is 1.27 bits per heavy atom. The number of piperidine rings is 1. The summed E-state index contributed by atoms with van der Waals surface area (Å²) in [6.07, 6.45) is 1.93. The average Bonchev–Trinajstić information content (AvgIpc) is 2.52. The van der Waals surface area contributed by atoms with Gasteiger partial charge in [-0.2, -0.15) is 0 Å². The molecule has 0 unspecified atom stereocenters. The third-order valence-electron chi connectivity index (χ3n) is 4.72. The first-order valence-electron chi connectivity index (χ1n) is 8.02. The Bertz CT molecular complexity index is 524. The summed E-state index contributed by atoms with van der Waals surface area (Å²) in [7, 11) is 0. The van der Waals surface area contributed by atoms with Crippen LogP contribution < -0.4 is 0 Å². The van der Waals surface area contributed by atoms with Crippen molar-refractivity contribution < 1.29 is 14.7 Å². The van der Waals surface area contributed by atoms with Crippen molar-refractivity contribution in [3.63, 3.8) is 0 Å². The fourth-order valence-corrected chi connectivity index (χ4v) is 3.06. The number of carbonyl (C=O) groups is 2. The van der Waals surface area contributed by atoms with Crippen LogP contribution in [0.3, 0.4) is 0 Å². The molecule has 22 heavy (non-hydrogen) atoms. The van der Waals surface area contributed by atoms with Gasteiger partial charge in [-0.3, -0.25) is 9.59 Å². The molecule has 4 heteroatoms. The lowest BCUT2D eigenvalue weighted by molar-refractivity contribution is -0.138. The smallest absolute Gasteiger partial charge is 0.223 e. The maximum Gasteiger partial charge on any atom is 0.223 e. The zero-order chi connectivity index (χ0) is 16.2. The van der Waals surface area contributed by atoms with E-state index in [1.807, 2.05) is 32.0 Å². The van der Waals surface area contributed by atoms with E-state index in [1.54, 1.807) is 17.0 Å². The number of carbonyl (C=O) groups excluding carboxylic acids is 2. The Labute approximate surface area is 132 Å². The molecule has 0 bridgehead atoms. The fraction of sp³-hybridized carbons (Fsp3) is 0.556. The number of aliphatic hydroxyl groups is 1. The third-order valence-corrected chi connectivity index (χ3v) is 4.72. The maximum absolute atomic E-state index is 12.3. The van der Waals surface area contributed by atoms with Crippen molar-refractivity contribution in [3.8, 4) is 0 Å². The van der Waals surface area contributed by atoms with Crippen molar-refractivity contribution in [1.82, 2.24) is 4.90 Å². The number of nitrogens with zero attached hydrogens (tertiary/aromatic N) is 1. The first-order valence-corrected chi connectivity index (χ1v) is 8.02. The van der Waals surface area contributed by atoms with Crippen LogP contribution in [0.25, 0.3) is 0 Å². The summed E-state index contributed by atoms with van der Waals surface area (Å²) >= 11 is 0. The minimum absolute atomic E-state index is 0.00463. The summed E-state index contributed by atoms with van der Waals surface area (Å²) < 4.78 is 0. The number of hydrogen-bond donors (Lipinski definition) is 1.